The second kappa shape index (κ2) is 18.5. The molecule has 0 radical (unpaired) electrons. The molecule has 0 aromatic heterocycles. The molecule has 0 aliphatic heterocycles. The normalized spacial score (nSPS) is 13.4. The Kier molecular flexibility index (Phi) is 13.3. The Labute approximate surface area is 337 Å². The number of amides is 1. The van der Waals surface area contributed by atoms with E-state index < -0.39 is 23.7 Å². The summed E-state index contributed by atoms with van der Waals surface area (Å²) in [7, 11) is 4.81. The second-order valence-corrected chi connectivity index (χ2v) is 14.6. The molecule has 298 valence electrons. The lowest BCUT2D eigenvalue weighted by atomic mass is 9.80. The fraction of sp³-hybridized carbons (Fsp3) is 0.333. The number of ether oxygens (including phenoxy) is 5. The van der Waals surface area contributed by atoms with E-state index in [-0.39, 0.29) is 37.8 Å². The van der Waals surface area contributed by atoms with Crippen molar-refractivity contribution < 1.29 is 33.3 Å². The van der Waals surface area contributed by atoms with Crippen molar-refractivity contribution in [2.75, 3.05) is 47.6 Å². The first-order valence-electron chi connectivity index (χ1n) is 19.6. The number of carbonyl (C=O) groups is 2. The smallest absolute Gasteiger partial charge is 0.410 e. The first-order chi connectivity index (χ1) is 27.6. The van der Waals surface area contributed by atoms with E-state index in [0.29, 0.717) is 11.5 Å². The molecule has 57 heavy (non-hydrogen) atoms. The lowest BCUT2D eigenvalue weighted by Gasteiger charge is -2.38. The minimum Gasteiger partial charge on any atom is -0.497 e. The zero-order valence-electron chi connectivity index (χ0n) is 34.0. The van der Waals surface area contributed by atoms with Gasteiger partial charge in [-0.25, -0.2) is 9.59 Å². The lowest BCUT2D eigenvalue weighted by molar-refractivity contribution is -0.155. The van der Waals surface area contributed by atoms with Gasteiger partial charge in [-0.15, -0.1) is 0 Å². The van der Waals surface area contributed by atoms with Crippen LogP contribution in [0, 0.1) is 0 Å². The molecule has 0 N–H and O–H groups in total. The second-order valence-electron chi connectivity index (χ2n) is 14.6. The molecule has 5 aromatic rings. The van der Waals surface area contributed by atoms with E-state index in [1.807, 2.05) is 110 Å². The Morgan fingerprint density at radius 3 is 1.63 bits per heavy atom. The van der Waals surface area contributed by atoms with Crippen molar-refractivity contribution in [1.29, 1.82) is 0 Å². The van der Waals surface area contributed by atoms with E-state index in [1.165, 1.54) is 4.90 Å². The number of methoxy groups -OCH3 is 2. The van der Waals surface area contributed by atoms with Crippen molar-refractivity contribution in [3.05, 3.63) is 155 Å². The van der Waals surface area contributed by atoms with Crippen LogP contribution >= 0.6 is 0 Å². The topological polar surface area (TPSA) is 86.8 Å². The zero-order valence-corrected chi connectivity index (χ0v) is 34.0. The molecule has 9 heteroatoms. The largest absolute Gasteiger partial charge is 0.497 e. The molecular formula is C48H54N2O7. The number of hydrogen-bond acceptors (Lipinski definition) is 8. The van der Waals surface area contributed by atoms with Gasteiger partial charge in [-0.2, -0.15) is 0 Å². The quantitative estimate of drug-likeness (QED) is 0.0685. The van der Waals surface area contributed by atoms with Crippen LogP contribution in [0.15, 0.2) is 127 Å². The number of likely N-dealkylation sites (N-methyl/N-ethyl adjacent to an activating group) is 2. The monoisotopic (exact) mass is 770 g/mol. The van der Waals surface area contributed by atoms with Gasteiger partial charge in [-0.3, -0.25) is 9.80 Å². The summed E-state index contributed by atoms with van der Waals surface area (Å²) in [5, 5.41) is 0. The number of rotatable bonds is 17. The van der Waals surface area contributed by atoms with Gasteiger partial charge in [-0.1, -0.05) is 110 Å². The van der Waals surface area contributed by atoms with Gasteiger partial charge in [0.05, 0.1) is 20.8 Å². The molecule has 1 aliphatic carbocycles. The number of hydrogen-bond donors (Lipinski definition) is 0. The number of fused-ring (bicyclic) bond motifs is 3. The summed E-state index contributed by atoms with van der Waals surface area (Å²) in [6.45, 7) is 9.17. The van der Waals surface area contributed by atoms with Gasteiger partial charge in [0.2, 0.25) is 0 Å². The Hall–Kier alpha value is -5.64. The summed E-state index contributed by atoms with van der Waals surface area (Å²) in [5.74, 6) is 0.625. The molecule has 1 amide bonds. The number of nitrogens with zero attached hydrogens (tertiary/aromatic N) is 2. The van der Waals surface area contributed by atoms with Gasteiger partial charge in [-0.05, 0) is 90.5 Å². The highest BCUT2D eigenvalue weighted by Crippen LogP contribution is 2.45. The molecule has 0 bridgehead atoms. The van der Waals surface area contributed by atoms with Crippen LogP contribution in [-0.2, 0) is 24.6 Å². The molecule has 0 saturated carbocycles. The lowest BCUT2D eigenvalue weighted by Crippen LogP contribution is -2.50. The van der Waals surface area contributed by atoms with E-state index >= 15 is 0 Å². The molecule has 1 unspecified atom stereocenters. The summed E-state index contributed by atoms with van der Waals surface area (Å²) in [5.41, 5.74) is 5.62. The Morgan fingerprint density at radius 2 is 1.14 bits per heavy atom. The number of esters is 1. The average Bonchev–Trinajstić information content (AvgIpc) is 3.57. The summed E-state index contributed by atoms with van der Waals surface area (Å²) < 4.78 is 30.3. The van der Waals surface area contributed by atoms with Crippen LogP contribution in [0.3, 0.4) is 0 Å². The zero-order chi connectivity index (χ0) is 40.5. The van der Waals surface area contributed by atoms with Gasteiger partial charge >= 0.3 is 12.1 Å². The highest BCUT2D eigenvalue weighted by molar-refractivity contribution is 5.82. The predicted molar refractivity (Wildman–Crippen MR) is 223 cm³/mol. The van der Waals surface area contributed by atoms with Crippen LogP contribution in [0.2, 0.25) is 0 Å². The van der Waals surface area contributed by atoms with Crippen LogP contribution in [0.25, 0.3) is 11.1 Å². The van der Waals surface area contributed by atoms with Crippen LogP contribution in [0.4, 0.5) is 4.79 Å². The molecule has 0 spiro atoms. The third-order valence-corrected chi connectivity index (χ3v) is 11.1. The van der Waals surface area contributed by atoms with Crippen LogP contribution in [0.1, 0.15) is 61.4 Å². The first kappa shape index (κ1) is 41.0. The minimum absolute atomic E-state index is 0.0534. The summed E-state index contributed by atoms with van der Waals surface area (Å²) in [6, 6.07) is 40.5. The molecule has 6 rings (SSSR count). The molecule has 0 saturated heterocycles. The summed E-state index contributed by atoms with van der Waals surface area (Å²) >= 11 is 0. The number of carbonyl (C=O) groups excluding carboxylic acids is 2. The van der Waals surface area contributed by atoms with Gasteiger partial charge in [0.25, 0.3) is 0 Å². The Balaban J connectivity index is 1.34. The van der Waals surface area contributed by atoms with E-state index in [0.717, 1.165) is 45.5 Å². The maximum Gasteiger partial charge on any atom is 0.410 e. The van der Waals surface area contributed by atoms with E-state index in [9.17, 15) is 9.59 Å². The minimum atomic E-state index is -1.23. The summed E-state index contributed by atoms with van der Waals surface area (Å²) in [4.78, 5) is 32.0. The highest BCUT2D eigenvalue weighted by Gasteiger charge is 2.41. The van der Waals surface area contributed by atoms with Crippen molar-refractivity contribution in [2.24, 2.45) is 0 Å². The highest BCUT2D eigenvalue weighted by atomic mass is 16.6. The third-order valence-electron chi connectivity index (χ3n) is 11.1. The maximum atomic E-state index is 14.4. The fourth-order valence-corrected chi connectivity index (χ4v) is 8.02. The molecular weight excluding hydrogens is 717 g/mol. The van der Waals surface area contributed by atoms with Gasteiger partial charge in [0, 0.05) is 25.0 Å². The van der Waals surface area contributed by atoms with E-state index in [1.54, 1.807) is 21.3 Å². The van der Waals surface area contributed by atoms with Crippen LogP contribution in [0.5, 0.6) is 11.5 Å². The SMILES string of the molecule is CCN(C(C)C)C(C)COC(=O)[C@H](COC(c1ccccc1)(c1ccc(OC)cc1)c1ccc(OC)cc1)N(C)C(=O)OCC1c2ccccc2-c2ccccc21. The molecule has 5 aromatic carbocycles. The summed E-state index contributed by atoms with van der Waals surface area (Å²) in [6.07, 6.45) is -0.660. The van der Waals surface area contributed by atoms with Crippen molar-refractivity contribution in [2.45, 2.75) is 57.3 Å². The fourth-order valence-electron chi connectivity index (χ4n) is 8.02. The Bertz CT molecular complexity index is 1990. The van der Waals surface area contributed by atoms with Crippen molar-refractivity contribution in [3.63, 3.8) is 0 Å². The van der Waals surface area contributed by atoms with Gasteiger partial charge in [0.15, 0.2) is 6.04 Å². The predicted octanol–water partition coefficient (Wildman–Crippen LogP) is 8.92. The number of benzene rings is 5. The van der Waals surface area contributed by atoms with E-state index in [2.05, 4.69) is 49.9 Å². The Morgan fingerprint density at radius 1 is 0.649 bits per heavy atom. The standard InChI is InChI=1S/C48H54N2O7/c1-8-50(33(2)3)34(4)30-55-46(51)45(49(5)47(52)56-31-44-42-20-14-12-18-40(42)41-19-13-15-21-43(41)44)32-57-48(35-16-10-9-11-17-35,36-22-26-38(53-6)27-23-36)37-24-28-39(54-7)29-25-37/h9-29,33-34,44-45H,8,30-32H2,1-7H3/t34?,45-/m0/s1. The first-order valence-corrected chi connectivity index (χ1v) is 19.6. The van der Waals surface area contributed by atoms with E-state index in [4.69, 9.17) is 23.7 Å². The third kappa shape index (κ3) is 8.70. The molecule has 0 fully saturated rings. The molecule has 1 aliphatic rings. The van der Waals surface area contributed by atoms with Gasteiger partial charge < -0.3 is 23.7 Å². The van der Waals surface area contributed by atoms with Crippen LogP contribution in [-0.4, -0.2) is 87.6 Å². The maximum absolute atomic E-state index is 14.4. The van der Waals surface area contributed by atoms with Crippen molar-refractivity contribution in [1.82, 2.24) is 9.80 Å². The molecule has 2 atom stereocenters. The molecule has 9 nitrogen and oxygen atoms in total. The van der Waals surface area contributed by atoms with Crippen molar-refractivity contribution in [3.8, 4) is 22.6 Å². The average molecular weight is 771 g/mol. The molecule has 0 heterocycles. The van der Waals surface area contributed by atoms with Gasteiger partial charge in [0.1, 0.15) is 30.3 Å². The van der Waals surface area contributed by atoms with Crippen LogP contribution < -0.4 is 9.47 Å². The van der Waals surface area contributed by atoms with Crippen molar-refractivity contribution >= 4 is 12.1 Å².